The maximum Gasteiger partial charge on any atom is -0.0197 e. The van der Waals surface area contributed by atoms with Crippen LogP contribution in [0.15, 0.2) is 30.3 Å². The van der Waals surface area contributed by atoms with E-state index in [0.717, 1.165) is 5.92 Å². The molecule has 0 nitrogen and oxygen atoms in total. The van der Waals surface area contributed by atoms with E-state index in [1.54, 1.807) is 5.92 Å². The van der Waals surface area contributed by atoms with Crippen LogP contribution >= 0.6 is 0 Å². The summed E-state index contributed by atoms with van der Waals surface area (Å²) in [5, 5.41) is 0. The highest BCUT2D eigenvalue weighted by atomic mass is 14.3. The lowest BCUT2D eigenvalue weighted by molar-refractivity contribution is 0.778. The van der Waals surface area contributed by atoms with E-state index in [4.69, 9.17) is 0 Å². The Morgan fingerprint density at radius 1 is 1.25 bits per heavy atom. The van der Waals surface area contributed by atoms with Gasteiger partial charge in [0.15, 0.2) is 0 Å². The number of hydrogen-bond acceptors (Lipinski definition) is 0. The molecule has 0 amide bonds. The summed E-state index contributed by atoms with van der Waals surface area (Å²) in [6.45, 7) is 2.30. The first kappa shape index (κ1) is 7.85. The maximum absolute atomic E-state index is 2.30. The van der Waals surface area contributed by atoms with Crippen molar-refractivity contribution < 1.29 is 0 Å². The maximum atomic E-state index is 2.30. The average Bonchev–Trinajstić information content (AvgIpc) is 2.88. The molecule has 12 heavy (non-hydrogen) atoms. The van der Waals surface area contributed by atoms with Crippen LogP contribution in [0.2, 0.25) is 0 Å². The molecule has 0 heterocycles. The van der Waals surface area contributed by atoms with Crippen molar-refractivity contribution in [2.75, 3.05) is 0 Å². The summed E-state index contributed by atoms with van der Waals surface area (Å²) in [5.74, 6) is 2.62. The van der Waals surface area contributed by atoms with Crippen molar-refractivity contribution in [3.63, 3.8) is 0 Å². The largest absolute Gasteiger partial charge is 0.0622 e. The zero-order valence-electron chi connectivity index (χ0n) is 7.59. The minimum atomic E-state index is 0.949. The standard InChI is InChI=1S/C12H15/c1-10(12-7-8-12)9-11-5-3-2-4-6-11/h2-6,12H,7-9H2,1H3. The fraction of sp³-hybridized carbons (Fsp3) is 0.417. The van der Waals surface area contributed by atoms with Gasteiger partial charge in [0.25, 0.3) is 0 Å². The summed E-state index contributed by atoms with van der Waals surface area (Å²) in [7, 11) is 0. The lowest BCUT2D eigenvalue weighted by Gasteiger charge is -2.08. The molecule has 1 aliphatic carbocycles. The topological polar surface area (TPSA) is 0 Å². The molecule has 1 aromatic carbocycles. The molecule has 0 spiro atoms. The highest BCUT2D eigenvalue weighted by Crippen LogP contribution is 2.39. The summed E-state index contributed by atoms with van der Waals surface area (Å²) in [6, 6.07) is 10.7. The van der Waals surface area contributed by atoms with Gasteiger partial charge in [-0.25, -0.2) is 0 Å². The summed E-state index contributed by atoms with van der Waals surface area (Å²) < 4.78 is 0. The zero-order chi connectivity index (χ0) is 8.39. The van der Waals surface area contributed by atoms with E-state index in [-0.39, 0.29) is 0 Å². The minimum Gasteiger partial charge on any atom is -0.0622 e. The van der Waals surface area contributed by atoms with Gasteiger partial charge in [0.05, 0.1) is 0 Å². The average molecular weight is 159 g/mol. The monoisotopic (exact) mass is 159 g/mol. The lowest BCUT2D eigenvalue weighted by Crippen LogP contribution is -1.98. The summed E-state index contributed by atoms with van der Waals surface area (Å²) in [5.41, 5.74) is 1.46. The van der Waals surface area contributed by atoms with E-state index < -0.39 is 0 Å². The molecular formula is C12H15. The molecule has 1 aromatic rings. The van der Waals surface area contributed by atoms with Crippen LogP contribution in [0.25, 0.3) is 0 Å². The molecule has 0 heteroatoms. The molecule has 0 atom stereocenters. The fourth-order valence-corrected chi connectivity index (χ4v) is 1.64. The Hall–Kier alpha value is -0.780. The second kappa shape index (κ2) is 3.30. The summed E-state index contributed by atoms with van der Waals surface area (Å²) in [4.78, 5) is 0. The molecule has 0 N–H and O–H groups in total. The van der Waals surface area contributed by atoms with Crippen LogP contribution in [0.4, 0.5) is 0 Å². The molecule has 0 saturated heterocycles. The van der Waals surface area contributed by atoms with Gasteiger partial charge in [-0.15, -0.1) is 0 Å². The number of benzene rings is 1. The third-order valence-corrected chi connectivity index (χ3v) is 2.60. The van der Waals surface area contributed by atoms with Gasteiger partial charge in [0.1, 0.15) is 0 Å². The van der Waals surface area contributed by atoms with Crippen molar-refractivity contribution in [3.8, 4) is 0 Å². The normalized spacial score (nSPS) is 16.8. The Labute approximate surface area is 74.6 Å². The first-order valence-corrected chi connectivity index (χ1v) is 4.72. The SMILES string of the molecule is C[C](Cc1ccccc1)C1CC1. The van der Waals surface area contributed by atoms with Gasteiger partial charge in [-0.3, -0.25) is 0 Å². The van der Waals surface area contributed by atoms with Crippen LogP contribution < -0.4 is 0 Å². The zero-order valence-corrected chi connectivity index (χ0v) is 7.59. The second-order valence-corrected chi connectivity index (χ2v) is 3.78. The molecule has 1 fully saturated rings. The molecule has 0 aromatic heterocycles. The van der Waals surface area contributed by atoms with E-state index in [0.29, 0.717) is 0 Å². The van der Waals surface area contributed by atoms with Crippen molar-refractivity contribution >= 4 is 0 Å². The van der Waals surface area contributed by atoms with Crippen LogP contribution in [0, 0.1) is 11.8 Å². The first-order chi connectivity index (χ1) is 5.86. The van der Waals surface area contributed by atoms with Crippen molar-refractivity contribution in [2.24, 2.45) is 5.92 Å². The van der Waals surface area contributed by atoms with E-state index in [1.807, 2.05) is 0 Å². The van der Waals surface area contributed by atoms with Gasteiger partial charge in [-0.1, -0.05) is 37.3 Å². The molecule has 63 valence electrons. The quantitative estimate of drug-likeness (QED) is 0.635. The van der Waals surface area contributed by atoms with E-state index in [1.165, 1.54) is 24.8 Å². The van der Waals surface area contributed by atoms with Crippen molar-refractivity contribution in [1.82, 2.24) is 0 Å². The Kier molecular flexibility index (Phi) is 2.16. The van der Waals surface area contributed by atoms with Gasteiger partial charge in [0, 0.05) is 0 Å². The molecule has 0 aliphatic heterocycles. The van der Waals surface area contributed by atoms with Crippen LogP contribution in [0.5, 0.6) is 0 Å². The Bertz CT molecular complexity index is 233. The van der Waals surface area contributed by atoms with Crippen LogP contribution in [0.1, 0.15) is 25.3 Å². The Morgan fingerprint density at radius 3 is 2.50 bits per heavy atom. The van der Waals surface area contributed by atoms with E-state index >= 15 is 0 Å². The third kappa shape index (κ3) is 1.88. The van der Waals surface area contributed by atoms with Gasteiger partial charge >= 0.3 is 0 Å². The highest BCUT2D eigenvalue weighted by Gasteiger charge is 2.27. The molecule has 0 bridgehead atoms. The van der Waals surface area contributed by atoms with E-state index in [2.05, 4.69) is 37.3 Å². The van der Waals surface area contributed by atoms with Gasteiger partial charge in [0.2, 0.25) is 0 Å². The van der Waals surface area contributed by atoms with Crippen LogP contribution in [-0.2, 0) is 6.42 Å². The smallest absolute Gasteiger partial charge is 0.0197 e. The molecule has 1 saturated carbocycles. The van der Waals surface area contributed by atoms with Crippen molar-refractivity contribution in [3.05, 3.63) is 41.8 Å². The Morgan fingerprint density at radius 2 is 1.92 bits per heavy atom. The molecular weight excluding hydrogens is 144 g/mol. The number of hydrogen-bond donors (Lipinski definition) is 0. The fourth-order valence-electron chi connectivity index (χ4n) is 1.64. The third-order valence-electron chi connectivity index (χ3n) is 2.60. The van der Waals surface area contributed by atoms with Gasteiger partial charge in [-0.2, -0.15) is 0 Å². The van der Waals surface area contributed by atoms with E-state index in [9.17, 15) is 0 Å². The summed E-state index contributed by atoms with van der Waals surface area (Å²) >= 11 is 0. The van der Waals surface area contributed by atoms with Gasteiger partial charge < -0.3 is 0 Å². The van der Waals surface area contributed by atoms with Gasteiger partial charge in [-0.05, 0) is 36.7 Å². The molecule has 0 unspecified atom stereocenters. The predicted molar refractivity (Wildman–Crippen MR) is 51.8 cm³/mol. The Balaban J connectivity index is 1.94. The minimum absolute atomic E-state index is 0.949. The van der Waals surface area contributed by atoms with Crippen molar-refractivity contribution in [2.45, 2.75) is 26.2 Å². The van der Waals surface area contributed by atoms with Crippen LogP contribution in [0.3, 0.4) is 0 Å². The highest BCUT2D eigenvalue weighted by molar-refractivity contribution is 5.20. The molecule has 1 radical (unpaired) electrons. The lowest BCUT2D eigenvalue weighted by atomic mass is 9.97. The van der Waals surface area contributed by atoms with Crippen LogP contribution in [-0.4, -0.2) is 0 Å². The molecule has 2 rings (SSSR count). The number of rotatable bonds is 3. The van der Waals surface area contributed by atoms with Crippen molar-refractivity contribution in [1.29, 1.82) is 0 Å². The summed E-state index contributed by atoms with van der Waals surface area (Å²) in [6.07, 6.45) is 4.04. The molecule has 1 aliphatic rings. The second-order valence-electron chi connectivity index (χ2n) is 3.78. The first-order valence-electron chi connectivity index (χ1n) is 4.72. The predicted octanol–water partition coefficient (Wildman–Crippen LogP) is 3.23.